The molecule has 190 valence electrons. The Morgan fingerprint density at radius 3 is 2.47 bits per heavy atom. The standard InChI is InChI=1S/C27H28F3N3O3/c1-36-20-7-5-19(6-8-20)21-17-22-23(27(28,29)30)3-2-4-24(22)33(26(35)25(21)34)16-15-32-14-11-18-9-12-31-13-10-18/h2-10,12-13,21,25,32,34H,11,14-17H2,1H3/t21-,25+/m0/s1. The predicted octanol–water partition coefficient (Wildman–Crippen LogP) is 3.98. The molecule has 36 heavy (non-hydrogen) atoms. The van der Waals surface area contributed by atoms with Crippen molar-refractivity contribution in [2.24, 2.45) is 0 Å². The van der Waals surface area contributed by atoms with Crippen LogP contribution >= 0.6 is 0 Å². The Balaban J connectivity index is 1.60. The third kappa shape index (κ3) is 5.68. The summed E-state index contributed by atoms with van der Waals surface area (Å²) in [7, 11) is 1.51. The number of alkyl halides is 3. The van der Waals surface area contributed by atoms with E-state index in [1.165, 1.54) is 24.1 Å². The number of amides is 1. The van der Waals surface area contributed by atoms with E-state index in [1.54, 1.807) is 36.7 Å². The lowest BCUT2D eigenvalue weighted by Crippen LogP contribution is -2.44. The SMILES string of the molecule is COc1ccc([C@@H]2Cc3c(cccc3C(F)(F)F)N(CCNCCc3ccncc3)C(=O)[C@@H]2O)cc1. The number of hydrogen-bond donors (Lipinski definition) is 2. The minimum Gasteiger partial charge on any atom is -0.497 e. The number of fused-ring (bicyclic) bond motifs is 1. The zero-order valence-electron chi connectivity index (χ0n) is 19.8. The molecule has 2 atom stereocenters. The van der Waals surface area contributed by atoms with Gasteiger partial charge < -0.3 is 20.1 Å². The van der Waals surface area contributed by atoms with Crippen LogP contribution in [0.5, 0.6) is 5.75 Å². The number of aromatic nitrogens is 1. The average Bonchev–Trinajstić information content (AvgIpc) is 2.98. The Labute approximate surface area is 207 Å². The number of benzene rings is 2. The van der Waals surface area contributed by atoms with Crippen molar-refractivity contribution >= 4 is 11.6 Å². The van der Waals surface area contributed by atoms with Crippen LogP contribution in [-0.2, 0) is 23.8 Å². The number of pyridine rings is 1. The Morgan fingerprint density at radius 2 is 1.81 bits per heavy atom. The number of halogens is 3. The number of aliphatic hydroxyl groups excluding tert-OH is 1. The van der Waals surface area contributed by atoms with Gasteiger partial charge in [0, 0.05) is 37.1 Å². The summed E-state index contributed by atoms with van der Waals surface area (Å²) < 4.78 is 47.1. The number of hydrogen-bond acceptors (Lipinski definition) is 5. The van der Waals surface area contributed by atoms with Gasteiger partial charge in [0.15, 0.2) is 0 Å². The highest BCUT2D eigenvalue weighted by Gasteiger charge is 2.41. The number of methoxy groups -OCH3 is 1. The fourth-order valence-corrected chi connectivity index (χ4v) is 4.57. The van der Waals surface area contributed by atoms with Crippen LogP contribution in [0.25, 0.3) is 0 Å². The van der Waals surface area contributed by atoms with Crippen molar-refractivity contribution < 1.29 is 27.8 Å². The molecule has 1 aliphatic rings. The van der Waals surface area contributed by atoms with Crippen molar-refractivity contribution in [2.45, 2.75) is 31.0 Å². The molecule has 9 heteroatoms. The first-order chi connectivity index (χ1) is 17.3. The summed E-state index contributed by atoms with van der Waals surface area (Å²) in [6.45, 7) is 1.10. The number of aliphatic hydroxyl groups is 1. The first-order valence-corrected chi connectivity index (χ1v) is 11.7. The summed E-state index contributed by atoms with van der Waals surface area (Å²) in [6.07, 6.45) is -2.06. The molecule has 0 saturated heterocycles. The molecule has 2 N–H and O–H groups in total. The molecule has 0 spiro atoms. The largest absolute Gasteiger partial charge is 0.497 e. The molecule has 0 saturated carbocycles. The Hall–Kier alpha value is -3.43. The maximum atomic E-state index is 14.0. The third-order valence-corrected chi connectivity index (χ3v) is 6.47. The van der Waals surface area contributed by atoms with Crippen LogP contribution in [0, 0.1) is 0 Å². The Kier molecular flexibility index (Phi) is 7.91. The van der Waals surface area contributed by atoms with Gasteiger partial charge in [-0.15, -0.1) is 0 Å². The summed E-state index contributed by atoms with van der Waals surface area (Å²) in [5.41, 5.74) is 1.06. The normalized spacial score (nSPS) is 18.0. The number of rotatable bonds is 8. The molecule has 0 fully saturated rings. The van der Waals surface area contributed by atoms with Gasteiger partial charge in [-0.1, -0.05) is 18.2 Å². The summed E-state index contributed by atoms with van der Waals surface area (Å²) >= 11 is 0. The summed E-state index contributed by atoms with van der Waals surface area (Å²) in [5.74, 6) is -0.885. The minimum atomic E-state index is -4.59. The van der Waals surface area contributed by atoms with Crippen LogP contribution < -0.4 is 15.0 Å². The van der Waals surface area contributed by atoms with E-state index in [4.69, 9.17) is 4.74 Å². The molecule has 0 bridgehead atoms. The second-order valence-corrected chi connectivity index (χ2v) is 8.67. The quantitative estimate of drug-likeness (QED) is 0.459. The van der Waals surface area contributed by atoms with Crippen molar-refractivity contribution in [1.29, 1.82) is 0 Å². The summed E-state index contributed by atoms with van der Waals surface area (Å²) in [5, 5.41) is 14.3. The lowest BCUT2D eigenvalue weighted by Gasteiger charge is -2.26. The van der Waals surface area contributed by atoms with Crippen molar-refractivity contribution in [2.75, 3.05) is 31.6 Å². The van der Waals surface area contributed by atoms with Crippen LogP contribution in [-0.4, -0.2) is 48.8 Å². The Morgan fingerprint density at radius 1 is 1.08 bits per heavy atom. The molecule has 1 aliphatic heterocycles. The molecule has 2 heterocycles. The van der Waals surface area contributed by atoms with Crippen LogP contribution in [0.3, 0.4) is 0 Å². The second-order valence-electron chi connectivity index (χ2n) is 8.67. The van der Waals surface area contributed by atoms with Crippen LogP contribution in [0.1, 0.15) is 28.2 Å². The molecule has 2 aromatic carbocycles. The second kappa shape index (κ2) is 11.1. The monoisotopic (exact) mass is 499 g/mol. The highest BCUT2D eigenvalue weighted by atomic mass is 19.4. The molecule has 1 aromatic heterocycles. The summed E-state index contributed by atoms with van der Waals surface area (Å²) in [6, 6.07) is 14.3. The zero-order chi connectivity index (χ0) is 25.7. The fourth-order valence-electron chi connectivity index (χ4n) is 4.57. The first-order valence-electron chi connectivity index (χ1n) is 11.7. The maximum Gasteiger partial charge on any atom is 0.416 e. The van der Waals surface area contributed by atoms with E-state index in [-0.39, 0.29) is 24.2 Å². The molecule has 6 nitrogen and oxygen atoms in total. The molecular formula is C27H28F3N3O3. The minimum absolute atomic E-state index is 0.00695. The van der Waals surface area contributed by atoms with E-state index in [9.17, 15) is 23.1 Å². The maximum absolute atomic E-state index is 14.0. The van der Waals surface area contributed by atoms with Crippen LogP contribution in [0.4, 0.5) is 18.9 Å². The van der Waals surface area contributed by atoms with E-state index < -0.39 is 29.7 Å². The van der Waals surface area contributed by atoms with E-state index in [2.05, 4.69) is 10.3 Å². The van der Waals surface area contributed by atoms with Gasteiger partial charge in [-0.2, -0.15) is 13.2 Å². The van der Waals surface area contributed by atoms with Gasteiger partial charge in [0.05, 0.1) is 12.7 Å². The third-order valence-electron chi connectivity index (χ3n) is 6.47. The molecule has 0 radical (unpaired) electrons. The van der Waals surface area contributed by atoms with Gasteiger partial charge in [-0.25, -0.2) is 0 Å². The van der Waals surface area contributed by atoms with Crippen molar-refractivity contribution in [3.05, 3.63) is 89.2 Å². The topological polar surface area (TPSA) is 74.7 Å². The van der Waals surface area contributed by atoms with Crippen molar-refractivity contribution in [3.63, 3.8) is 0 Å². The van der Waals surface area contributed by atoms with Crippen LogP contribution in [0.2, 0.25) is 0 Å². The smallest absolute Gasteiger partial charge is 0.416 e. The number of carbonyl (C=O) groups is 1. The number of ether oxygens (including phenoxy) is 1. The highest BCUT2D eigenvalue weighted by Crippen LogP contribution is 2.42. The summed E-state index contributed by atoms with van der Waals surface area (Å²) in [4.78, 5) is 18.7. The zero-order valence-corrected chi connectivity index (χ0v) is 19.8. The molecule has 4 rings (SSSR count). The van der Waals surface area contributed by atoms with Gasteiger partial charge >= 0.3 is 6.18 Å². The van der Waals surface area contributed by atoms with Crippen molar-refractivity contribution in [1.82, 2.24) is 10.3 Å². The molecule has 0 unspecified atom stereocenters. The lowest BCUT2D eigenvalue weighted by atomic mass is 9.86. The average molecular weight is 500 g/mol. The van der Waals surface area contributed by atoms with Gasteiger partial charge in [0.1, 0.15) is 11.9 Å². The Bertz CT molecular complexity index is 1170. The number of carbonyl (C=O) groups excluding carboxylic acids is 1. The first kappa shape index (κ1) is 25.7. The van der Waals surface area contributed by atoms with E-state index in [1.807, 2.05) is 12.1 Å². The van der Waals surface area contributed by atoms with Gasteiger partial charge in [0.2, 0.25) is 0 Å². The van der Waals surface area contributed by atoms with Gasteiger partial charge in [0.25, 0.3) is 5.91 Å². The number of anilines is 1. The van der Waals surface area contributed by atoms with E-state index >= 15 is 0 Å². The highest BCUT2D eigenvalue weighted by molar-refractivity contribution is 5.99. The molecule has 3 aromatic rings. The molecular weight excluding hydrogens is 471 g/mol. The lowest BCUT2D eigenvalue weighted by molar-refractivity contribution is -0.138. The van der Waals surface area contributed by atoms with Crippen LogP contribution in [0.15, 0.2) is 67.0 Å². The number of nitrogens with one attached hydrogen (secondary N) is 1. The van der Waals surface area contributed by atoms with Gasteiger partial charge in [-0.05, 0) is 72.5 Å². The molecule has 0 aliphatic carbocycles. The number of nitrogens with zero attached hydrogens (tertiary/aromatic N) is 2. The predicted molar refractivity (Wildman–Crippen MR) is 130 cm³/mol. The fraction of sp³-hybridized carbons (Fsp3) is 0.333. The van der Waals surface area contributed by atoms with E-state index in [0.29, 0.717) is 24.4 Å². The van der Waals surface area contributed by atoms with E-state index in [0.717, 1.165) is 18.1 Å². The molecule has 1 amide bonds. The van der Waals surface area contributed by atoms with Crippen molar-refractivity contribution in [3.8, 4) is 5.75 Å². The van der Waals surface area contributed by atoms with Gasteiger partial charge in [-0.3, -0.25) is 9.78 Å².